The summed E-state index contributed by atoms with van der Waals surface area (Å²) in [6.07, 6.45) is 1.32. The molecule has 0 aliphatic heterocycles. The maximum Gasteiger partial charge on any atom is 0.371 e. The monoisotopic (exact) mass is 384 g/mol. The lowest BCUT2D eigenvalue weighted by Gasteiger charge is -2.05. The second kappa shape index (κ2) is 9.76. The number of hydrogen-bond acceptors (Lipinski definition) is 5. The molecule has 0 radical (unpaired) electrons. The SMILES string of the molecule is O=C(Nc1ccc(N=C=S)cc1)c1ccccc1F.O=C(O)c1ccco1. The van der Waals surface area contributed by atoms with Crippen LogP contribution in [-0.2, 0) is 0 Å². The molecule has 0 saturated carbocycles. The van der Waals surface area contributed by atoms with Gasteiger partial charge in [-0.25, -0.2) is 9.18 Å². The summed E-state index contributed by atoms with van der Waals surface area (Å²) < 4.78 is 17.9. The van der Waals surface area contributed by atoms with E-state index in [0.717, 1.165) is 0 Å². The number of carboxylic acid groups (broad SMARTS) is 1. The van der Waals surface area contributed by atoms with Crippen molar-refractivity contribution in [3.05, 3.63) is 84.1 Å². The van der Waals surface area contributed by atoms with E-state index in [-0.39, 0.29) is 11.3 Å². The van der Waals surface area contributed by atoms with Gasteiger partial charge in [0.2, 0.25) is 5.76 Å². The molecule has 0 aliphatic carbocycles. The van der Waals surface area contributed by atoms with Gasteiger partial charge in [-0.05, 0) is 60.7 Å². The second-order valence-corrected chi connectivity index (χ2v) is 5.15. The molecule has 3 rings (SSSR count). The van der Waals surface area contributed by atoms with E-state index in [4.69, 9.17) is 5.11 Å². The first kappa shape index (κ1) is 19.7. The van der Waals surface area contributed by atoms with Crippen molar-refractivity contribution in [3.8, 4) is 0 Å². The first-order valence-electron chi connectivity index (χ1n) is 7.52. The van der Waals surface area contributed by atoms with Crippen molar-refractivity contribution in [1.29, 1.82) is 0 Å². The Bertz CT molecular complexity index is 966. The molecule has 136 valence electrons. The third-order valence-electron chi connectivity index (χ3n) is 3.15. The van der Waals surface area contributed by atoms with E-state index in [1.165, 1.54) is 36.6 Å². The summed E-state index contributed by atoms with van der Waals surface area (Å²) in [6, 6.07) is 15.4. The highest BCUT2D eigenvalue weighted by Crippen LogP contribution is 2.17. The van der Waals surface area contributed by atoms with Gasteiger partial charge < -0.3 is 14.8 Å². The third kappa shape index (κ3) is 6.00. The van der Waals surface area contributed by atoms with Crippen LogP contribution in [0.4, 0.5) is 15.8 Å². The Hall–Kier alpha value is -3.61. The fourth-order valence-corrected chi connectivity index (χ4v) is 2.02. The van der Waals surface area contributed by atoms with E-state index >= 15 is 0 Å². The van der Waals surface area contributed by atoms with Crippen molar-refractivity contribution in [2.45, 2.75) is 0 Å². The number of rotatable bonds is 4. The molecule has 3 aromatic rings. The highest BCUT2D eigenvalue weighted by Gasteiger charge is 2.10. The number of amides is 1. The smallest absolute Gasteiger partial charge is 0.371 e. The molecule has 1 amide bonds. The molecule has 6 nitrogen and oxygen atoms in total. The molecule has 2 aromatic carbocycles. The van der Waals surface area contributed by atoms with E-state index < -0.39 is 17.7 Å². The molecule has 0 spiro atoms. The summed E-state index contributed by atoms with van der Waals surface area (Å²) in [4.78, 5) is 25.6. The molecule has 2 N–H and O–H groups in total. The second-order valence-electron chi connectivity index (χ2n) is 4.97. The van der Waals surface area contributed by atoms with Gasteiger partial charge in [-0.2, -0.15) is 4.99 Å². The molecule has 8 heteroatoms. The number of benzene rings is 2. The van der Waals surface area contributed by atoms with Crippen molar-refractivity contribution in [1.82, 2.24) is 0 Å². The van der Waals surface area contributed by atoms with Gasteiger partial charge in [-0.1, -0.05) is 12.1 Å². The summed E-state index contributed by atoms with van der Waals surface area (Å²) in [5.74, 6) is -2.11. The summed E-state index contributed by atoms with van der Waals surface area (Å²) in [7, 11) is 0. The highest BCUT2D eigenvalue weighted by molar-refractivity contribution is 7.78. The van der Waals surface area contributed by atoms with Crippen LogP contribution in [0.1, 0.15) is 20.9 Å². The zero-order valence-corrected chi connectivity index (χ0v) is 14.6. The maximum atomic E-state index is 13.4. The topological polar surface area (TPSA) is 91.9 Å². The Morgan fingerprint density at radius 1 is 1.07 bits per heavy atom. The van der Waals surface area contributed by atoms with Crippen LogP contribution in [0.5, 0.6) is 0 Å². The van der Waals surface area contributed by atoms with Crippen LogP contribution in [0.15, 0.2) is 76.3 Å². The Labute approximate surface area is 159 Å². The molecular formula is C19H13FN2O4S. The lowest BCUT2D eigenvalue weighted by atomic mass is 10.2. The lowest BCUT2D eigenvalue weighted by molar-refractivity contribution is 0.0662. The largest absolute Gasteiger partial charge is 0.475 e. The number of halogens is 1. The van der Waals surface area contributed by atoms with Crippen LogP contribution >= 0.6 is 12.2 Å². The van der Waals surface area contributed by atoms with E-state index in [9.17, 15) is 14.0 Å². The van der Waals surface area contributed by atoms with Gasteiger partial charge in [-0.15, -0.1) is 0 Å². The number of aliphatic imine (C=N–C) groups is 1. The Morgan fingerprint density at radius 2 is 1.78 bits per heavy atom. The Morgan fingerprint density at radius 3 is 2.30 bits per heavy atom. The van der Waals surface area contributed by atoms with Gasteiger partial charge in [0.1, 0.15) is 5.82 Å². The summed E-state index contributed by atoms with van der Waals surface area (Å²) >= 11 is 4.49. The first-order valence-corrected chi connectivity index (χ1v) is 7.92. The number of carbonyl (C=O) groups excluding carboxylic acids is 1. The van der Waals surface area contributed by atoms with Crippen molar-refractivity contribution < 1.29 is 23.5 Å². The van der Waals surface area contributed by atoms with E-state index in [1.54, 1.807) is 30.3 Å². The number of carboxylic acids is 1. The normalized spacial score (nSPS) is 9.37. The molecule has 0 saturated heterocycles. The molecular weight excluding hydrogens is 371 g/mol. The summed E-state index contributed by atoms with van der Waals surface area (Å²) in [5, 5.41) is 13.0. The average Bonchev–Trinajstić information content (AvgIpc) is 3.19. The number of thiocarbonyl (C=S) groups is 1. The van der Waals surface area contributed by atoms with Crippen molar-refractivity contribution >= 4 is 40.6 Å². The number of furan rings is 1. The first-order chi connectivity index (χ1) is 13.0. The fraction of sp³-hybridized carbons (Fsp3) is 0. The van der Waals surface area contributed by atoms with Gasteiger partial charge in [0.15, 0.2) is 0 Å². The molecule has 0 unspecified atom stereocenters. The van der Waals surface area contributed by atoms with Crippen molar-refractivity contribution in [3.63, 3.8) is 0 Å². The zero-order valence-electron chi connectivity index (χ0n) is 13.8. The number of aromatic carboxylic acids is 1. The number of isothiocyanates is 1. The maximum absolute atomic E-state index is 13.4. The van der Waals surface area contributed by atoms with Gasteiger partial charge >= 0.3 is 5.97 Å². The molecule has 1 heterocycles. The molecule has 27 heavy (non-hydrogen) atoms. The van der Waals surface area contributed by atoms with Gasteiger partial charge in [-0.3, -0.25) is 4.79 Å². The van der Waals surface area contributed by atoms with Gasteiger partial charge in [0.05, 0.1) is 22.7 Å². The van der Waals surface area contributed by atoms with Crippen molar-refractivity contribution in [2.75, 3.05) is 5.32 Å². The van der Waals surface area contributed by atoms with Crippen LogP contribution < -0.4 is 5.32 Å². The predicted molar refractivity (Wildman–Crippen MR) is 101 cm³/mol. The molecule has 1 aromatic heterocycles. The number of anilines is 1. The Balaban J connectivity index is 0.000000273. The number of nitrogens with zero attached hydrogens (tertiary/aromatic N) is 1. The quantitative estimate of drug-likeness (QED) is 0.498. The minimum Gasteiger partial charge on any atom is -0.475 e. The van der Waals surface area contributed by atoms with Gasteiger partial charge in [0.25, 0.3) is 5.91 Å². The minimum absolute atomic E-state index is 0.00323. The average molecular weight is 384 g/mol. The minimum atomic E-state index is -1.03. The van der Waals surface area contributed by atoms with Gasteiger partial charge in [0, 0.05) is 5.69 Å². The van der Waals surface area contributed by atoms with Crippen LogP contribution in [-0.4, -0.2) is 22.1 Å². The fourth-order valence-electron chi connectivity index (χ4n) is 1.92. The van der Waals surface area contributed by atoms with Crippen LogP contribution in [0.2, 0.25) is 0 Å². The van der Waals surface area contributed by atoms with Crippen molar-refractivity contribution in [2.24, 2.45) is 4.99 Å². The number of nitrogens with one attached hydrogen (secondary N) is 1. The molecule has 0 bridgehead atoms. The Kier molecular flexibility index (Phi) is 7.13. The van der Waals surface area contributed by atoms with Crippen LogP contribution in [0.3, 0.4) is 0 Å². The lowest BCUT2D eigenvalue weighted by Crippen LogP contribution is -2.13. The molecule has 0 fully saturated rings. The van der Waals surface area contributed by atoms with E-state index in [0.29, 0.717) is 11.4 Å². The third-order valence-corrected chi connectivity index (χ3v) is 3.24. The number of hydrogen-bond donors (Lipinski definition) is 2. The van der Waals surface area contributed by atoms with Crippen LogP contribution in [0.25, 0.3) is 0 Å². The van der Waals surface area contributed by atoms with E-state index in [2.05, 4.69) is 32.1 Å². The molecule has 0 atom stereocenters. The highest BCUT2D eigenvalue weighted by atomic mass is 32.1. The summed E-state index contributed by atoms with van der Waals surface area (Å²) in [5.41, 5.74) is 1.19. The summed E-state index contributed by atoms with van der Waals surface area (Å²) in [6.45, 7) is 0. The number of carbonyl (C=O) groups is 2. The zero-order chi connectivity index (χ0) is 19.6. The van der Waals surface area contributed by atoms with Crippen LogP contribution in [0, 0.1) is 5.82 Å². The van der Waals surface area contributed by atoms with E-state index in [1.807, 2.05) is 0 Å². The standard InChI is InChI=1S/C14H9FN2OS.C5H4O3/c15-13-4-2-1-3-12(13)14(18)17-11-7-5-10(6-8-11)16-9-19;6-5(7)4-2-1-3-8-4/h1-8H,(H,17,18);1-3H,(H,6,7). The molecule has 0 aliphatic rings. The predicted octanol–water partition coefficient (Wildman–Crippen LogP) is 4.79.